The highest BCUT2D eigenvalue weighted by Crippen LogP contribution is 2.47. The molecule has 2 unspecified atom stereocenters. The summed E-state index contributed by atoms with van der Waals surface area (Å²) in [6.07, 6.45) is 3.61. The van der Waals surface area contributed by atoms with Crippen molar-refractivity contribution in [1.82, 2.24) is 4.90 Å². The van der Waals surface area contributed by atoms with Gasteiger partial charge in [-0.2, -0.15) is 0 Å². The van der Waals surface area contributed by atoms with Crippen LogP contribution in [0.2, 0.25) is 5.02 Å². The molecular weight excluding hydrogens is 278 g/mol. The molecule has 1 aliphatic carbocycles. The molecule has 1 fully saturated rings. The van der Waals surface area contributed by atoms with Crippen molar-refractivity contribution in [3.05, 3.63) is 70.7 Å². The van der Waals surface area contributed by atoms with Crippen molar-refractivity contribution in [2.45, 2.75) is 30.7 Å². The summed E-state index contributed by atoms with van der Waals surface area (Å²) in [4.78, 5) is 2.36. The maximum atomic E-state index is 6.08. The average molecular weight is 300 g/mol. The number of benzene rings is 2. The van der Waals surface area contributed by atoms with Crippen molar-refractivity contribution in [3.63, 3.8) is 0 Å². The Bertz CT molecular complexity index is 591. The lowest BCUT2D eigenvalue weighted by atomic mass is 9.73. The third-order valence-electron chi connectivity index (χ3n) is 4.94. The molecule has 0 aromatic heterocycles. The summed E-state index contributed by atoms with van der Waals surface area (Å²) in [6.45, 7) is 0. The SMILES string of the molecule is CN(C)C1CCC(c2ccccc2)(c2ccc(Cl)cc2)C1. The van der Waals surface area contributed by atoms with E-state index in [9.17, 15) is 0 Å². The molecule has 0 amide bonds. The molecule has 2 aromatic rings. The van der Waals surface area contributed by atoms with E-state index in [1.807, 2.05) is 12.1 Å². The number of halogens is 1. The molecule has 2 atom stereocenters. The van der Waals surface area contributed by atoms with Crippen LogP contribution in [0.1, 0.15) is 30.4 Å². The highest BCUT2D eigenvalue weighted by Gasteiger charge is 2.42. The van der Waals surface area contributed by atoms with Gasteiger partial charge in [-0.1, -0.05) is 54.1 Å². The second kappa shape index (κ2) is 5.82. The van der Waals surface area contributed by atoms with Gasteiger partial charge in [-0.3, -0.25) is 0 Å². The summed E-state index contributed by atoms with van der Waals surface area (Å²) in [6, 6.07) is 20.0. The third-order valence-corrected chi connectivity index (χ3v) is 5.19. The van der Waals surface area contributed by atoms with Crippen molar-refractivity contribution in [1.29, 1.82) is 0 Å². The summed E-state index contributed by atoms with van der Waals surface area (Å²) in [5, 5.41) is 0.809. The summed E-state index contributed by atoms with van der Waals surface area (Å²) in [5.41, 5.74) is 2.94. The Hall–Kier alpha value is -1.31. The smallest absolute Gasteiger partial charge is 0.0406 e. The van der Waals surface area contributed by atoms with Crippen LogP contribution >= 0.6 is 11.6 Å². The number of nitrogens with zero attached hydrogens (tertiary/aromatic N) is 1. The average Bonchev–Trinajstić information content (AvgIpc) is 2.96. The lowest BCUT2D eigenvalue weighted by molar-refractivity contribution is 0.289. The lowest BCUT2D eigenvalue weighted by Crippen LogP contribution is -2.30. The van der Waals surface area contributed by atoms with Crippen LogP contribution in [0.25, 0.3) is 0 Å². The van der Waals surface area contributed by atoms with Gasteiger partial charge in [0.25, 0.3) is 0 Å². The van der Waals surface area contributed by atoms with Gasteiger partial charge in [-0.25, -0.2) is 0 Å². The van der Waals surface area contributed by atoms with Gasteiger partial charge in [-0.15, -0.1) is 0 Å². The van der Waals surface area contributed by atoms with Crippen LogP contribution in [-0.2, 0) is 5.41 Å². The van der Waals surface area contributed by atoms with E-state index in [1.54, 1.807) is 0 Å². The minimum absolute atomic E-state index is 0.126. The summed E-state index contributed by atoms with van der Waals surface area (Å²) >= 11 is 6.08. The Kier molecular flexibility index (Phi) is 4.05. The van der Waals surface area contributed by atoms with Crippen molar-refractivity contribution < 1.29 is 0 Å². The first kappa shape index (κ1) is 14.6. The van der Waals surface area contributed by atoms with E-state index in [0.29, 0.717) is 6.04 Å². The first-order valence-electron chi connectivity index (χ1n) is 7.60. The normalized spacial score (nSPS) is 25.4. The second-order valence-electron chi connectivity index (χ2n) is 6.32. The highest BCUT2D eigenvalue weighted by molar-refractivity contribution is 6.30. The predicted molar refractivity (Wildman–Crippen MR) is 90.0 cm³/mol. The molecule has 110 valence electrons. The quantitative estimate of drug-likeness (QED) is 0.791. The molecule has 2 heteroatoms. The van der Waals surface area contributed by atoms with E-state index in [2.05, 4.69) is 61.5 Å². The van der Waals surface area contributed by atoms with Gasteiger partial charge in [0.05, 0.1) is 0 Å². The maximum Gasteiger partial charge on any atom is 0.0406 e. The highest BCUT2D eigenvalue weighted by atomic mass is 35.5. The molecule has 0 saturated heterocycles. The van der Waals surface area contributed by atoms with Crippen molar-refractivity contribution in [2.75, 3.05) is 14.1 Å². The minimum atomic E-state index is 0.126. The number of rotatable bonds is 3. The molecule has 2 aromatic carbocycles. The van der Waals surface area contributed by atoms with Crippen LogP contribution in [0.4, 0.5) is 0 Å². The Morgan fingerprint density at radius 3 is 2.14 bits per heavy atom. The molecule has 0 aliphatic heterocycles. The molecule has 0 bridgehead atoms. The van der Waals surface area contributed by atoms with E-state index < -0.39 is 0 Å². The first-order valence-corrected chi connectivity index (χ1v) is 7.98. The molecule has 0 N–H and O–H groups in total. The Morgan fingerprint density at radius 2 is 1.57 bits per heavy atom. The van der Waals surface area contributed by atoms with Crippen molar-refractivity contribution in [2.24, 2.45) is 0 Å². The zero-order valence-electron chi connectivity index (χ0n) is 12.7. The largest absolute Gasteiger partial charge is 0.306 e. The molecule has 0 heterocycles. The molecule has 1 saturated carbocycles. The summed E-state index contributed by atoms with van der Waals surface area (Å²) < 4.78 is 0. The predicted octanol–water partition coefficient (Wildman–Crippen LogP) is 4.74. The summed E-state index contributed by atoms with van der Waals surface area (Å²) in [5.74, 6) is 0. The van der Waals surface area contributed by atoms with E-state index >= 15 is 0 Å². The van der Waals surface area contributed by atoms with Gasteiger partial charge in [-0.05, 0) is 56.6 Å². The van der Waals surface area contributed by atoms with Gasteiger partial charge < -0.3 is 4.90 Å². The topological polar surface area (TPSA) is 3.24 Å². The molecule has 1 aliphatic rings. The molecule has 0 radical (unpaired) electrons. The zero-order valence-corrected chi connectivity index (χ0v) is 13.5. The van der Waals surface area contributed by atoms with Crippen LogP contribution in [0.3, 0.4) is 0 Å². The molecular formula is C19H22ClN. The lowest BCUT2D eigenvalue weighted by Gasteiger charge is -2.32. The standard InChI is InChI=1S/C19H22ClN/c1-21(2)18-12-13-19(14-18,15-6-4-3-5-7-15)16-8-10-17(20)11-9-16/h3-11,18H,12-14H2,1-2H3. The fraction of sp³-hybridized carbons (Fsp3) is 0.368. The second-order valence-corrected chi connectivity index (χ2v) is 6.75. The number of hydrogen-bond acceptors (Lipinski definition) is 1. The van der Waals surface area contributed by atoms with Crippen molar-refractivity contribution >= 4 is 11.6 Å². The van der Waals surface area contributed by atoms with Crippen LogP contribution in [-0.4, -0.2) is 25.0 Å². The molecule has 1 nitrogen and oxygen atoms in total. The van der Waals surface area contributed by atoms with Gasteiger partial charge in [0.1, 0.15) is 0 Å². The first-order chi connectivity index (χ1) is 10.1. The van der Waals surface area contributed by atoms with E-state index in [0.717, 1.165) is 5.02 Å². The van der Waals surface area contributed by atoms with Crippen LogP contribution in [0, 0.1) is 0 Å². The molecule has 21 heavy (non-hydrogen) atoms. The molecule has 0 spiro atoms. The molecule has 3 rings (SSSR count). The van der Waals surface area contributed by atoms with Gasteiger partial charge in [0.15, 0.2) is 0 Å². The van der Waals surface area contributed by atoms with E-state index in [1.165, 1.54) is 30.4 Å². The maximum absolute atomic E-state index is 6.08. The minimum Gasteiger partial charge on any atom is -0.306 e. The third kappa shape index (κ3) is 2.73. The Morgan fingerprint density at radius 1 is 0.952 bits per heavy atom. The van der Waals surface area contributed by atoms with Crippen LogP contribution in [0.5, 0.6) is 0 Å². The Labute approximate surface area is 132 Å². The van der Waals surface area contributed by atoms with Gasteiger partial charge in [0, 0.05) is 16.5 Å². The van der Waals surface area contributed by atoms with E-state index in [4.69, 9.17) is 11.6 Å². The fourth-order valence-electron chi connectivity index (χ4n) is 3.68. The van der Waals surface area contributed by atoms with E-state index in [-0.39, 0.29) is 5.41 Å². The van der Waals surface area contributed by atoms with Crippen LogP contribution in [0.15, 0.2) is 54.6 Å². The van der Waals surface area contributed by atoms with Crippen molar-refractivity contribution in [3.8, 4) is 0 Å². The van der Waals surface area contributed by atoms with Crippen LogP contribution < -0.4 is 0 Å². The monoisotopic (exact) mass is 299 g/mol. The van der Waals surface area contributed by atoms with Gasteiger partial charge >= 0.3 is 0 Å². The fourth-order valence-corrected chi connectivity index (χ4v) is 3.80. The Balaban J connectivity index is 2.06. The number of hydrogen-bond donors (Lipinski definition) is 0. The van der Waals surface area contributed by atoms with Gasteiger partial charge in [0.2, 0.25) is 0 Å². The zero-order chi connectivity index (χ0) is 14.9. The summed E-state index contributed by atoms with van der Waals surface area (Å²) in [7, 11) is 4.38.